The molecule has 3 fully saturated rings. The van der Waals surface area contributed by atoms with Gasteiger partial charge in [-0.1, -0.05) is 12.1 Å². The zero-order valence-corrected chi connectivity index (χ0v) is 21.4. The molecule has 0 atom stereocenters. The Labute approximate surface area is 210 Å². The minimum Gasteiger partial charge on any atom is -0.328 e. The second-order valence-electron chi connectivity index (χ2n) is 9.58. The monoisotopic (exact) mass is 516 g/mol. The summed E-state index contributed by atoms with van der Waals surface area (Å²) in [4.78, 5) is 21.4. The fourth-order valence-electron chi connectivity index (χ4n) is 4.48. The molecule has 11 heteroatoms. The number of amides is 1. The van der Waals surface area contributed by atoms with Crippen molar-refractivity contribution in [2.75, 3.05) is 31.5 Å². The fraction of sp³-hybridized carbons (Fsp3) is 0.542. The number of nitrogens with one attached hydrogen (secondary N) is 1. The van der Waals surface area contributed by atoms with E-state index in [-0.39, 0.29) is 16.9 Å². The first-order chi connectivity index (χ1) is 16.9. The van der Waals surface area contributed by atoms with Gasteiger partial charge in [0.05, 0.1) is 10.1 Å². The summed E-state index contributed by atoms with van der Waals surface area (Å²) in [5.74, 6) is -0.348. The predicted molar refractivity (Wildman–Crippen MR) is 137 cm³/mol. The van der Waals surface area contributed by atoms with Crippen molar-refractivity contribution in [2.45, 2.75) is 61.3 Å². The number of hydrogen-bond donors (Lipinski definition) is 2. The van der Waals surface area contributed by atoms with Crippen LogP contribution in [0.25, 0.3) is 0 Å². The summed E-state index contributed by atoms with van der Waals surface area (Å²) in [5.41, 5.74) is 6.86. The third kappa shape index (κ3) is 5.91. The van der Waals surface area contributed by atoms with Crippen molar-refractivity contribution in [2.24, 2.45) is 10.8 Å². The van der Waals surface area contributed by atoms with E-state index in [0.717, 1.165) is 76.1 Å². The summed E-state index contributed by atoms with van der Waals surface area (Å²) in [7, 11) is -3.28. The zero-order valence-electron chi connectivity index (χ0n) is 19.7. The normalized spacial score (nSPS) is 20.4. The van der Waals surface area contributed by atoms with E-state index in [1.807, 2.05) is 11.2 Å². The summed E-state index contributed by atoms with van der Waals surface area (Å²) in [6, 6.07) is 6.82. The maximum atomic E-state index is 13.3. The number of piperidine rings is 1. The van der Waals surface area contributed by atoms with Gasteiger partial charge in [-0.15, -0.1) is 11.3 Å². The lowest BCUT2D eigenvalue weighted by molar-refractivity contribution is -0.110. The molecule has 0 unspecified atom stereocenters. The molecule has 3 aliphatic rings. The Morgan fingerprint density at radius 2 is 1.77 bits per heavy atom. The number of hydrogen-bond acceptors (Lipinski definition) is 9. The average Bonchev–Trinajstić information content (AvgIpc) is 3.44. The Bertz CT molecular complexity index is 1180. The number of benzene rings is 1. The van der Waals surface area contributed by atoms with Crippen LogP contribution in [0.4, 0.5) is 5.13 Å². The molecule has 1 saturated carbocycles. The van der Waals surface area contributed by atoms with Gasteiger partial charge in [-0.3, -0.25) is 20.0 Å². The molecule has 1 amide bonds. The summed E-state index contributed by atoms with van der Waals surface area (Å²) in [5, 5.41) is 9.70. The van der Waals surface area contributed by atoms with E-state index >= 15 is 0 Å². The molecule has 1 aromatic heterocycles. The third-order valence-corrected chi connectivity index (χ3v) is 9.92. The number of aromatic nitrogens is 1. The summed E-state index contributed by atoms with van der Waals surface area (Å²) >= 11 is 1.46. The molecule has 9 nitrogen and oxygen atoms in total. The molecule has 2 saturated heterocycles. The van der Waals surface area contributed by atoms with E-state index in [9.17, 15) is 13.2 Å². The van der Waals surface area contributed by atoms with Gasteiger partial charge < -0.3 is 5.73 Å². The van der Waals surface area contributed by atoms with Crippen LogP contribution in [-0.2, 0) is 21.2 Å². The minimum absolute atomic E-state index is 0.268. The molecule has 1 aliphatic carbocycles. The maximum absolute atomic E-state index is 13.3. The first kappa shape index (κ1) is 24.4. The smallest absolute Gasteiger partial charge is 0.278 e. The predicted octanol–water partition coefficient (Wildman–Crippen LogP) is 2.44. The first-order valence-electron chi connectivity index (χ1n) is 12.3. The van der Waals surface area contributed by atoms with Crippen molar-refractivity contribution < 1.29 is 13.2 Å². The highest BCUT2D eigenvalue weighted by Gasteiger charge is 2.36. The number of rotatable bonds is 8. The SMILES string of the molecule is NC1CCN(Cc2cnc(NC(=O)/C(=N/N3CCCC3)c3ccc(S(=O)(=O)C4CC4)cc3)s2)CC1. The lowest BCUT2D eigenvalue weighted by Gasteiger charge is -2.29. The lowest BCUT2D eigenvalue weighted by Crippen LogP contribution is -2.39. The van der Waals surface area contributed by atoms with Gasteiger partial charge in [0.1, 0.15) is 0 Å². The molecule has 2 aliphatic heterocycles. The van der Waals surface area contributed by atoms with E-state index in [4.69, 9.17) is 5.73 Å². The number of likely N-dealkylation sites (tertiary alicyclic amines) is 1. The molecule has 3 N–H and O–H groups in total. The van der Waals surface area contributed by atoms with Crippen LogP contribution in [0.3, 0.4) is 0 Å². The molecule has 5 rings (SSSR count). The van der Waals surface area contributed by atoms with Crippen LogP contribution in [0.15, 0.2) is 40.5 Å². The minimum atomic E-state index is -3.28. The number of sulfone groups is 1. The lowest BCUT2D eigenvalue weighted by atomic mass is 10.1. The van der Waals surface area contributed by atoms with Crippen LogP contribution in [0.1, 0.15) is 49.0 Å². The van der Waals surface area contributed by atoms with Crippen LogP contribution in [0, 0.1) is 0 Å². The fourth-order valence-corrected chi connectivity index (χ4v) is 6.98. The summed E-state index contributed by atoms with van der Waals surface area (Å²) in [6.07, 6.45) is 7.31. The Morgan fingerprint density at radius 1 is 1.09 bits per heavy atom. The second kappa shape index (κ2) is 10.3. The van der Waals surface area contributed by atoms with E-state index in [2.05, 4.69) is 20.3 Å². The van der Waals surface area contributed by atoms with Crippen molar-refractivity contribution in [3.63, 3.8) is 0 Å². The van der Waals surface area contributed by atoms with Crippen LogP contribution in [-0.4, -0.2) is 72.4 Å². The van der Waals surface area contributed by atoms with Gasteiger partial charge in [-0.2, -0.15) is 5.10 Å². The van der Waals surface area contributed by atoms with Crippen molar-refractivity contribution in [3.05, 3.63) is 40.9 Å². The summed E-state index contributed by atoms with van der Waals surface area (Å²) < 4.78 is 25.1. The molecule has 35 heavy (non-hydrogen) atoms. The molecule has 3 heterocycles. The maximum Gasteiger partial charge on any atom is 0.278 e. The van der Waals surface area contributed by atoms with Crippen LogP contribution in [0.5, 0.6) is 0 Å². The third-order valence-electron chi connectivity index (χ3n) is 6.74. The van der Waals surface area contributed by atoms with Crippen molar-refractivity contribution in [1.29, 1.82) is 0 Å². The molecule has 2 aromatic rings. The van der Waals surface area contributed by atoms with Gasteiger partial charge in [-0.05, 0) is 63.7 Å². The Hall–Kier alpha value is -2.34. The number of hydrazone groups is 1. The Kier molecular flexibility index (Phi) is 7.19. The zero-order chi connectivity index (χ0) is 24.4. The molecule has 1 aromatic carbocycles. The highest BCUT2D eigenvalue weighted by atomic mass is 32.2. The van der Waals surface area contributed by atoms with Gasteiger partial charge in [0.25, 0.3) is 5.91 Å². The van der Waals surface area contributed by atoms with E-state index in [1.165, 1.54) is 11.3 Å². The van der Waals surface area contributed by atoms with Gasteiger partial charge in [0, 0.05) is 42.3 Å². The van der Waals surface area contributed by atoms with Crippen molar-refractivity contribution in [1.82, 2.24) is 14.9 Å². The largest absolute Gasteiger partial charge is 0.328 e. The topological polar surface area (TPSA) is 121 Å². The Balaban J connectivity index is 1.30. The van der Waals surface area contributed by atoms with Gasteiger partial charge in [0.2, 0.25) is 0 Å². The van der Waals surface area contributed by atoms with Gasteiger partial charge in [-0.25, -0.2) is 13.4 Å². The quantitative estimate of drug-likeness (QED) is 0.517. The van der Waals surface area contributed by atoms with E-state index < -0.39 is 9.84 Å². The molecular formula is C24H32N6O3S2. The van der Waals surface area contributed by atoms with E-state index in [0.29, 0.717) is 21.6 Å². The van der Waals surface area contributed by atoms with Crippen LogP contribution in [0.2, 0.25) is 0 Å². The highest BCUT2D eigenvalue weighted by molar-refractivity contribution is 7.92. The number of nitrogens with two attached hydrogens (primary N) is 1. The molecule has 188 valence electrons. The number of carbonyl (C=O) groups excluding carboxylic acids is 1. The van der Waals surface area contributed by atoms with Gasteiger partial charge in [0.15, 0.2) is 20.7 Å². The molecule has 0 spiro atoms. The van der Waals surface area contributed by atoms with Crippen molar-refractivity contribution >= 4 is 37.9 Å². The number of carbonyl (C=O) groups is 1. The highest BCUT2D eigenvalue weighted by Crippen LogP contribution is 2.33. The number of thiazole rings is 1. The first-order valence-corrected chi connectivity index (χ1v) is 14.7. The van der Waals surface area contributed by atoms with Crippen molar-refractivity contribution in [3.8, 4) is 0 Å². The second-order valence-corrected chi connectivity index (χ2v) is 12.9. The van der Waals surface area contributed by atoms with Gasteiger partial charge >= 0.3 is 0 Å². The standard InChI is InChI=1S/C24H32N6O3S2/c25-18-9-13-29(14-10-18)16-19-15-26-24(34-19)27-23(31)22(28-30-11-1-2-12-30)17-3-5-20(6-4-17)35(32,33)21-7-8-21/h3-6,15,18,21H,1-2,7-14,16,25H2,(H,26,27,31)/b28-22+. The number of nitrogens with zero attached hydrogens (tertiary/aromatic N) is 4. The average molecular weight is 517 g/mol. The van der Waals surface area contributed by atoms with Crippen LogP contribution < -0.4 is 11.1 Å². The Morgan fingerprint density at radius 3 is 2.43 bits per heavy atom. The molecule has 0 bridgehead atoms. The number of anilines is 1. The van der Waals surface area contributed by atoms with E-state index in [1.54, 1.807) is 24.3 Å². The molecule has 0 radical (unpaired) electrons. The van der Waals surface area contributed by atoms with Crippen LogP contribution >= 0.6 is 11.3 Å². The summed E-state index contributed by atoms with van der Waals surface area (Å²) in [6.45, 7) is 4.34. The molecular weight excluding hydrogens is 484 g/mol.